The lowest BCUT2D eigenvalue weighted by atomic mass is 9.98. The lowest BCUT2D eigenvalue weighted by molar-refractivity contribution is -0.114. The summed E-state index contributed by atoms with van der Waals surface area (Å²) < 4.78 is 5.16. The van der Waals surface area contributed by atoms with E-state index in [2.05, 4.69) is 16.5 Å². The summed E-state index contributed by atoms with van der Waals surface area (Å²) in [7, 11) is 1.53. The fourth-order valence-corrected chi connectivity index (χ4v) is 4.49. The minimum Gasteiger partial charge on any atom is -0.480 e. The van der Waals surface area contributed by atoms with Gasteiger partial charge < -0.3 is 14.5 Å². The maximum atomic E-state index is 13.1. The van der Waals surface area contributed by atoms with Crippen LogP contribution in [0.3, 0.4) is 0 Å². The Morgan fingerprint density at radius 1 is 1.35 bits per heavy atom. The van der Waals surface area contributed by atoms with E-state index in [4.69, 9.17) is 16.3 Å². The number of benzene rings is 1. The summed E-state index contributed by atoms with van der Waals surface area (Å²) in [4.78, 5) is 37.5. The number of halogens is 1. The van der Waals surface area contributed by atoms with E-state index < -0.39 is 0 Å². The van der Waals surface area contributed by atoms with Crippen molar-refractivity contribution >= 4 is 29.1 Å². The number of rotatable bonds is 5. The van der Waals surface area contributed by atoms with Crippen LogP contribution in [0, 0.1) is 5.92 Å². The van der Waals surface area contributed by atoms with E-state index in [0.29, 0.717) is 48.3 Å². The van der Waals surface area contributed by atoms with Crippen molar-refractivity contribution in [1.29, 1.82) is 0 Å². The number of amides is 2. The first-order valence-corrected chi connectivity index (χ1v) is 10.8. The van der Waals surface area contributed by atoms with Crippen molar-refractivity contribution in [2.75, 3.05) is 31.6 Å². The van der Waals surface area contributed by atoms with Crippen LogP contribution in [0.15, 0.2) is 37.1 Å². The second-order valence-corrected chi connectivity index (χ2v) is 8.30. The third-order valence-electron chi connectivity index (χ3n) is 5.89. The van der Waals surface area contributed by atoms with Gasteiger partial charge in [0.15, 0.2) is 0 Å². The molecule has 0 saturated carbocycles. The third-order valence-corrected chi connectivity index (χ3v) is 6.14. The van der Waals surface area contributed by atoms with E-state index >= 15 is 0 Å². The van der Waals surface area contributed by atoms with Crippen LogP contribution in [-0.2, 0) is 17.6 Å². The first-order chi connectivity index (χ1) is 15.0. The average molecular weight is 441 g/mol. The van der Waals surface area contributed by atoms with E-state index in [0.717, 1.165) is 30.5 Å². The summed E-state index contributed by atoms with van der Waals surface area (Å²) in [5, 5.41) is 0.384. The molecule has 4 rings (SSSR count). The summed E-state index contributed by atoms with van der Waals surface area (Å²) in [6.07, 6.45) is 6.18. The highest BCUT2D eigenvalue weighted by molar-refractivity contribution is 6.31. The molecule has 0 radical (unpaired) electrons. The SMILES string of the molecule is C=CC(=O)N1CCCc2cc(C(=O)N3CC[C@@H](Cc4ncc(Cl)c(OC)n4)C3)ccc21. The number of carbonyl (C=O) groups excluding carboxylic acids is 2. The molecule has 1 aromatic carbocycles. The molecule has 2 aromatic rings. The zero-order valence-electron chi connectivity index (χ0n) is 17.5. The highest BCUT2D eigenvalue weighted by Gasteiger charge is 2.29. The second kappa shape index (κ2) is 9.06. The summed E-state index contributed by atoms with van der Waals surface area (Å²) in [5.74, 6) is 1.24. The number of fused-ring (bicyclic) bond motifs is 1. The van der Waals surface area contributed by atoms with Gasteiger partial charge in [-0.15, -0.1) is 0 Å². The van der Waals surface area contributed by atoms with Crippen LogP contribution < -0.4 is 9.64 Å². The molecule has 0 N–H and O–H groups in total. The molecule has 2 aliphatic rings. The molecule has 0 bridgehead atoms. The Labute approximate surface area is 186 Å². The quantitative estimate of drug-likeness (QED) is 0.667. The van der Waals surface area contributed by atoms with Gasteiger partial charge >= 0.3 is 0 Å². The maximum absolute atomic E-state index is 13.1. The van der Waals surface area contributed by atoms with E-state index in [1.165, 1.54) is 13.2 Å². The summed E-state index contributed by atoms with van der Waals surface area (Å²) in [6, 6.07) is 5.63. The molecule has 7 nitrogen and oxygen atoms in total. The van der Waals surface area contributed by atoms with Gasteiger partial charge in [0.1, 0.15) is 10.8 Å². The van der Waals surface area contributed by atoms with Crippen LogP contribution >= 0.6 is 11.6 Å². The van der Waals surface area contributed by atoms with Crippen molar-refractivity contribution in [3.05, 3.63) is 59.0 Å². The molecule has 2 amide bonds. The highest BCUT2D eigenvalue weighted by atomic mass is 35.5. The maximum Gasteiger partial charge on any atom is 0.253 e. The molecule has 162 valence electrons. The van der Waals surface area contributed by atoms with Gasteiger partial charge in [0.2, 0.25) is 11.8 Å². The Morgan fingerprint density at radius 2 is 2.19 bits per heavy atom. The summed E-state index contributed by atoms with van der Waals surface area (Å²) >= 11 is 6.00. The van der Waals surface area contributed by atoms with Crippen molar-refractivity contribution in [2.24, 2.45) is 5.92 Å². The van der Waals surface area contributed by atoms with Gasteiger partial charge in [-0.2, -0.15) is 4.98 Å². The zero-order valence-corrected chi connectivity index (χ0v) is 18.3. The molecule has 31 heavy (non-hydrogen) atoms. The predicted octanol–water partition coefficient (Wildman–Crippen LogP) is 3.31. The van der Waals surface area contributed by atoms with Gasteiger partial charge in [-0.05, 0) is 55.0 Å². The van der Waals surface area contributed by atoms with E-state index in [9.17, 15) is 9.59 Å². The number of hydrogen-bond donors (Lipinski definition) is 0. The second-order valence-electron chi connectivity index (χ2n) is 7.89. The highest BCUT2D eigenvalue weighted by Crippen LogP contribution is 2.30. The average Bonchev–Trinajstić information content (AvgIpc) is 3.26. The number of methoxy groups -OCH3 is 1. The first kappa shape index (κ1) is 21.3. The van der Waals surface area contributed by atoms with Gasteiger partial charge in [0, 0.05) is 37.3 Å². The number of aryl methyl sites for hydroxylation is 1. The molecule has 1 saturated heterocycles. The molecule has 1 atom stereocenters. The number of hydrogen-bond acceptors (Lipinski definition) is 5. The van der Waals surface area contributed by atoms with Crippen molar-refractivity contribution in [3.8, 4) is 5.88 Å². The van der Waals surface area contributed by atoms with Crippen LogP contribution in [0.25, 0.3) is 0 Å². The number of nitrogens with zero attached hydrogens (tertiary/aromatic N) is 4. The molecule has 0 unspecified atom stereocenters. The largest absolute Gasteiger partial charge is 0.480 e. The van der Waals surface area contributed by atoms with Crippen molar-refractivity contribution in [1.82, 2.24) is 14.9 Å². The number of anilines is 1. The van der Waals surface area contributed by atoms with Crippen molar-refractivity contribution in [2.45, 2.75) is 25.7 Å². The van der Waals surface area contributed by atoms with Crippen molar-refractivity contribution in [3.63, 3.8) is 0 Å². The van der Waals surface area contributed by atoms with Crippen LogP contribution in [0.5, 0.6) is 5.88 Å². The van der Waals surface area contributed by atoms with Crippen LogP contribution in [-0.4, -0.2) is 53.4 Å². The first-order valence-electron chi connectivity index (χ1n) is 10.4. The summed E-state index contributed by atoms with van der Waals surface area (Å²) in [6.45, 7) is 5.62. The topological polar surface area (TPSA) is 75.6 Å². The van der Waals surface area contributed by atoms with Gasteiger partial charge in [0.05, 0.1) is 13.3 Å². The van der Waals surface area contributed by atoms with Gasteiger partial charge in [-0.3, -0.25) is 9.59 Å². The van der Waals surface area contributed by atoms with Crippen LogP contribution in [0.4, 0.5) is 5.69 Å². The fraction of sp³-hybridized carbons (Fsp3) is 0.391. The minimum atomic E-state index is -0.108. The Hall–Kier alpha value is -2.93. The minimum absolute atomic E-state index is 0.0204. The normalized spacial score (nSPS) is 17.9. The van der Waals surface area contributed by atoms with E-state index in [1.807, 2.05) is 23.1 Å². The smallest absolute Gasteiger partial charge is 0.253 e. The predicted molar refractivity (Wildman–Crippen MR) is 119 cm³/mol. The van der Waals surface area contributed by atoms with Crippen LogP contribution in [0.1, 0.15) is 34.6 Å². The molecular formula is C23H25ClN4O3. The van der Waals surface area contributed by atoms with Gasteiger partial charge in [0.25, 0.3) is 5.91 Å². The molecular weight excluding hydrogens is 416 g/mol. The summed E-state index contributed by atoms with van der Waals surface area (Å²) in [5.41, 5.74) is 2.57. The molecule has 0 spiro atoms. The number of ether oxygens (including phenoxy) is 1. The molecule has 2 aliphatic heterocycles. The van der Waals surface area contributed by atoms with Crippen LogP contribution in [0.2, 0.25) is 5.02 Å². The zero-order chi connectivity index (χ0) is 22.0. The van der Waals surface area contributed by atoms with E-state index in [1.54, 1.807) is 11.1 Å². The van der Waals surface area contributed by atoms with E-state index in [-0.39, 0.29) is 17.7 Å². The third kappa shape index (κ3) is 4.42. The molecule has 8 heteroatoms. The van der Waals surface area contributed by atoms with Gasteiger partial charge in [-0.25, -0.2) is 4.98 Å². The number of likely N-dealkylation sites (tertiary alicyclic amines) is 1. The standard InChI is InChI=1S/C23H25ClN4O3/c1-3-21(29)28-9-4-5-16-12-17(6-7-19(16)28)23(30)27-10-8-15(14-27)11-20-25-13-18(24)22(26-20)31-2/h3,6-7,12-13,15H,1,4-5,8-11,14H2,2H3/t15-/m0/s1. The molecule has 3 heterocycles. The number of carbonyl (C=O) groups is 2. The Morgan fingerprint density at radius 3 is 2.97 bits per heavy atom. The lowest BCUT2D eigenvalue weighted by Gasteiger charge is -2.29. The van der Waals surface area contributed by atoms with Gasteiger partial charge in [-0.1, -0.05) is 18.2 Å². The number of aromatic nitrogens is 2. The van der Waals surface area contributed by atoms with Crippen molar-refractivity contribution < 1.29 is 14.3 Å². The molecule has 0 aliphatic carbocycles. The fourth-order valence-electron chi connectivity index (χ4n) is 4.32. The Kier molecular flexibility index (Phi) is 6.23. The molecule has 1 fully saturated rings. The Balaban J connectivity index is 1.44. The monoisotopic (exact) mass is 440 g/mol. The molecule has 1 aromatic heterocycles. The lowest BCUT2D eigenvalue weighted by Crippen LogP contribution is -2.34. The Bertz CT molecular complexity index is 1030.